The highest BCUT2D eigenvalue weighted by atomic mass is 32.2. The van der Waals surface area contributed by atoms with E-state index in [9.17, 15) is 13.5 Å². The van der Waals surface area contributed by atoms with E-state index < -0.39 is 10.0 Å². The van der Waals surface area contributed by atoms with Gasteiger partial charge in [-0.15, -0.1) is 0 Å². The summed E-state index contributed by atoms with van der Waals surface area (Å²) in [6.45, 7) is 0.303. The molecular weight excluding hydrogens is 286 g/mol. The number of nitrogens with one attached hydrogen (secondary N) is 1. The van der Waals surface area contributed by atoms with Crippen molar-refractivity contribution in [3.8, 4) is 0 Å². The van der Waals surface area contributed by atoms with Crippen molar-refractivity contribution in [1.29, 1.82) is 0 Å². The molecule has 1 saturated carbocycles. The lowest BCUT2D eigenvalue weighted by Crippen LogP contribution is -2.28. The Kier molecular flexibility index (Phi) is 4.33. The second-order valence-corrected chi connectivity index (χ2v) is 8.00. The molecule has 2 aliphatic carbocycles. The molecule has 3 rings (SSSR count). The molecule has 2 aliphatic rings. The molecule has 21 heavy (non-hydrogen) atoms. The lowest BCUT2D eigenvalue weighted by Gasteiger charge is -2.17. The van der Waals surface area contributed by atoms with Crippen LogP contribution in [0.3, 0.4) is 0 Å². The van der Waals surface area contributed by atoms with Crippen LogP contribution in [0, 0.1) is 5.92 Å². The van der Waals surface area contributed by atoms with Gasteiger partial charge in [0.1, 0.15) is 0 Å². The number of benzene rings is 1. The van der Waals surface area contributed by atoms with Gasteiger partial charge < -0.3 is 5.11 Å². The predicted molar refractivity (Wildman–Crippen MR) is 81.6 cm³/mol. The van der Waals surface area contributed by atoms with Crippen LogP contribution in [0.1, 0.15) is 43.2 Å². The van der Waals surface area contributed by atoms with E-state index >= 15 is 0 Å². The van der Waals surface area contributed by atoms with Crippen LogP contribution in [-0.2, 0) is 22.9 Å². The molecule has 0 heterocycles. The van der Waals surface area contributed by atoms with Crippen LogP contribution >= 0.6 is 0 Å². The summed E-state index contributed by atoms with van der Waals surface area (Å²) in [5.74, 6) is 0.387. The Balaban J connectivity index is 1.63. The highest BCUT2D eigenvalue weighted by Gasteiger charge is 2.29. The van der Waals surface area contributed by atoms with E-state index in [1.54, 1.807) is 6.07 Å². The molecule has 0 bridgehead atoms. The van der Waals surface area contributed by atoms with Gasteiger partial charge in [-0.25, -0.2) is 13.1 Å². The van der Waals surface area contributed by atoms with Gasteiger partial charge in [0.25, 0.3) is 0 Å². The molecule has 1 fully saturated rings. The molecule has 1 atom stereocenters. The molecule has 1 aromatic carbocycles. The maximum atomic E-state index is 12.3. The van der Waals surface area contributed by atoms with Crippen molar-refractivity contribution in [2.75, 3.05) is 6.54 Å². The van der Waals surface area contributed by atoms with Gasteiger partial charge in [-0.2, -0.15) is 0 Å². The molecular formula is C16H23NO3S. The molecule has 116 valence electrons. The number of rotatable bonds is 6. The molecule has 0 spiro atoms. The van der Waals surface area contributed by atoms with Crippen LogP contribution in [0.4, 0.5) is 0 Å². The number of sulfonamides is 1. The van der Waals surface area contributed by atoms with Gasteiger partial charge >= 0.3 is 0 Å². The zero-order valence-corrected chi connectivity index (χ0v) is 13.0. The normalized spacial score (nSPS) is 20.0. The van der Waals surface area contributed by atoms with E-state index in [0.29, 0.717) is 23.8 Å². The molecule has 5 heteroatoms. The summed E-state index contributed by atoms with van der Waals surface area (Å²) in [6.07, 6.45) is 6.62. The first-order valence-corrected chi connectivity index (χ1v) is 9.34. The van der Waals surface area contributed by atoms with Crippen LogP contribution in [-0.4, -0.2) is 26.2 Å². The second kappa shape index (κ2) is 6.07. The first kappa shape index (κ1) is 15.0. The fraction of sp³-hybridized carbons (Fsp3) is 0.625. The van der Waals surface area contributed by atoms with Gasteiger partial charge in [0.05, 0.1) is 11.0 Å². The van der Waals surface area contributed by atoms with Crippen molar-refractivity contribution in [2.24, 2.45) is 5.92 Å². The highest BCUT2D eigenvalue weighted by Crippen LogP contribution is 2.33. The first-order chi connectivity index (χ1) is 10.1. The Bertz CT molecular complexity index is 608. The largest absolute Gasteiger partial charge is 0.393 e. The van der Waals surface area contributed by atoms with E-state index in [-0.39, 0.29) is 6.10 Å². The van der Waals surface area contributed by atoms with Crippen molar-refractivity contribution in [3.05, 3.63) is 29.3 Å². The van der Waals surface area contributed by atoms with Gasteiger partial charge in [-0.1, -0.05) is 6.07 Å². The topological polar surface area (TPSA) is 66.4 Å². The van der Waals surface area contributed by atoms with Crippen molar-refractivity contribution in [3.63, 3.8) is 0 Å². The summed E-state index contributed by atoms with van der Waals surface area (Å²) < 4.78 is 27.2. The van der Waals surface area contributed by atoms with E-state index in [4.69, 9.17) is 0 Å². The summed E-state index contributed by atoms with van der Waals surface area (Å²) >= 11 is 0. The average molecular weight is 309 g/mol. The molecule has 2 N–H and O–H groups in total. The van der Waals surface area contributed by atoms with E-state index in [1.807, 2.05) is 12.1 Å². The predicted octanol–water partition coefficient (Wildman–Crippen LogP) is 2.00. The minimum Gasteiger partial charge on any atom is -0.393 e. The molecule has 0 amide bonds. The first-order valence-electron chi connectivity index (χ1n) is 7.86. The molecule has 1 aromatic rings. The second-order valence-electron chi connectivity index (χ2n) is 6.23. The summed E-state index contributed by atoms with van der Waals surface area (Å²) in [5.41, 5.74) is 2.45. The lowest BCUT2D eigenvalue weighted by molar-refractivity contribution is 0.143. The van der Waals surface area contributed by atoms with Crippen LogP contribution in [0.15, 0.2) is 23.1 Å². The van der Waals surface area contributed by atoms with Gasteiger partial charge in [0, 0.05) is 6.54 Å². The minimum atomic E-state index is -3.46. The maximum absolute atomic E-state index is 12.3. The number of hydrogen-bond donors (Lipinski definition) is 2. The number of aryl methyl sites for hydroxylation is 2. The third-order valence-corrected chi connectivity index (χ3v) is 5.99. The van der Waals surface area contributed by atoms with Gasteiger partial charge in [-0.3, -0.25) is 0 Å². The average Bonchev–Trinajstić information content (AvgIpc) is 3.31. The standard InChI is InChI=1S/C16H23NO3S/c18-16(13-5-6-13)9-10-17-21(19,20)15-8-7-12-3-1-2-4-14(12)11-15/h7-8,11,13,16-18H,1-6,9-10H2. The number of hydrogen-bond acceptors (Lipinski definition) is 3. The monoisotopic (exact) mass is 309 g/mol. The molecule has 1 unspecified atom stereocenters. The number of aliphatic hydroxyl groups excluding tert-OH is 1. The van der Waals surface area contributed by atoms with Crippen molar-refractivity contribution in [2.45, 2.75) is 55.9 Å². The van der Waals surface area contributed by atoms with Crippen LogP contribution in [0.2, 0.25) is 0 Å². The Morgan fingerprint density at radius 3 is 2.62 bits per heavy atom. The SMILES string of the molecule is O=S(=O)(NCCC(O)C1CC1)c1ccc2c(c1)CCCC2. The third kappa shape index (κ3) is 3.65. The Labute approximate surface area is 126 Å². The molecule has 4 nitrogen and oxygen atoms in total. The molecule has 0 radical (unpaired) electrons. The third-order valence-electron chi connectivity index (χ3n) is 4.53. The zero-order valence-electron chi connectivity index (χ0n) is 12.2. The number of aliphatic hydroxyl groups is 1. The van der Waals surface area contributed by atoms with Crippen molar-refractivity contribution < 1.29 is 13.5 Å². The fourth-order valence-electron chi connectivity index (χ4n) is 3.02. The lowest BCUT2D eigenvalue weighted by atomic mass is 9.92. The quantitative estimate of drug-likeness (QED) is 0.844. The maximum Gasteiger partial charge on any atom is 0.240 e. The Hall–Kier alpha value is -0.910. The molecule has 0 aliphatic heterocycles. The molecule has 0 aromatic heterocycles. The smallest absolute Gasteiger partial charge is 0.240 e. The Morgan fingerprint density at radius 1 is 1.19 bits per heavy atom. The zero-order chi connectivity index (χ0) is 14.9. The Morgan fingerprint density at radius 2 is 1.90 bits per heavy atom. The van der Waals surface area contributed by atoms with E-state index in [1.165, 1.54) is 17.5 Å². The van der Waals surface area contributed by atoms with Crippen LogP contribution in [0.5, 0.6) is 0 Å². The van der Waals surface area contributed by atoms with Crippen molar-refractivity contribution in [1.82, 2.24) is 4.72 Å². The van der Waals surface area contributed by atoms with E-state index in [2.05, 4.69) is 4.72 Å². The fourth-order valence-corrected chi connectivity index (χ4v) is 4.12. The molecule has 0 saturated heterocycles. The van der Waals surface area contributed by atoms with Gasteiger partial charge in [0.15, 0.2) is 0 Å². The number of fused-ring (bicyclic) bond motifs is 1. The summed E-state index contributed by atoms with van der Waals surface area (Å²) in [6, 6.07) is 5.46. The summed E-state index contributed by atoms with van der Waals surface area (Å²) in [7, 11) is -3.46. The van der Waals surface area contributed by atoms with E-state index in [0.717, 1.165) is 32.1 Å². The van der Waals surface area contributed by atoms with Crippen LogP contribution < -0.4 is 4.72 Å². The summed E-state index contributed by atoms with van der Waals surface area (Å²) in [4.78, 5) is 0.351. The highest BCUT2D eigenvalue weighted by molar-refractivity contribution is 7.89. The summed E-state index contributed by atoms with van der Waals surface area (Å²) in [5, 5.41) is 9.78. The van der Waals surface area contributed by atoms with Crippen molar-refractivity contribution >= 4 is 10.0 Å². The minimum absolute atomic E-state index is 0.303. The van der Waals surface area contributed by atoms with Gasteiger partial charge in [-0.05, 0) is 74.1 Å². The van der Waals surface area contributed by atoms with Crippen LogP contribution in [0.25, 0.3) is 0 Å². The van der Waals surface area contributed by atoms with Gasteiger partial charge in [0.2, 0.25) is 10.0 Å².